The van der Waals surface area contributed by atoms with E-state index in [1.54, 1.807) is 0 Å². The van der Waals surface area contributed by atoms with Gasteiger partial charge in [-0.05, 0) is 26.7 Å². The lowest BCUT2D eigenvalue weighted by atomic mass is 10.1. The topological polar surface area (TPSA) is 70.0 Å². The summed E-state index contributed by atoms with van der Waals surface area (Å²) in [6.45, 7) is 6.67. The van der Waals surface area contributed by atoms with E-state index in [1.807, 2.05) is 0 Å². The van der Waals surface area contributed by atoms with Gasteiger partial charge in [-0.1, -0.05) is 76.4 Å². The smallest absolute Gasteiger partial charge is 0.0348 e. The third-order valence-electron chi connectivity index (χ3n) is 3.11. The van der Waals surface area contributed by atoms with Gasteiger partial charge >= 0.3 is 0 Å². The lowest BCUT2D eigenvalue weighted by molar-refractivity contribution is 0.557. The Morgan fingerprint density at radius 2 is 1.00 bits per heavy atom. The second-order valence-corrected chi connectivity index (χ2v) is 5.25. The molecule has 0 heterocycles. The van der Waals surface area contributed by atoms with Crippen molar-refractivity contribution in [2.24, 2.45) is 0 Å². The third kappa shape index (κ3) is 31.2. The van der Waals surface area contributed by atoms with Gasteiger partial charge in [-0.3, -0.25) is 0 Å². The van der Waals surface area contributed by atoms with E-state index in [0.717, 1.165) is 0 Å². The van der Waals surface area contributed by atoms with Gasteiger partial charge in [0.25, 0.3) is 0 Å². The van der Waals surface area contributed by atoms with Crippen LogP contribution in [0.5, 0.6) is 0 Å². The first-order chi connectivity index (χ1) is 7.77. The molecule has 2 nitrogen and oxygen atoms in total. The van der Waals surface area contributed by atoms with Gasteiger partial charge in [0.2, 0.25) is 0 Å². The number of allylic oxidation sites excluding steroid dienone is 2. The second kappa shape index (κ2) is 27.9. The molecule has 6 N–H and O–H groups in total. The van der Waals surface area contributed by atoms with Crippen molar-refractivity contribution in [3.05, 3.63) is 11.6 Å². The summed E-state index contributed by atoms with van der Waals surface area (Å²) in [5.74, 6) is 0. The van der Waals surface area contributed by atoms with Crippen LogP contribution < -0.4 is 12.3 Å². The van der Waals surface area contributed by atoms with Crippen molar-refractivity contribution < 1.29 is 0 Å². The summed E-state index contributed by atoms with van der Waals surface area (Å²) in [7, 11) is 0. The van der Waals surface area contributed by atoms with Crippen molar-refractivity contribution in [3.8, 4) is 0 Å². The Morgan fingerprint density at radius 3 is 1.35 bits per heavy atom. The highest BCUT2D eigenvalue weighted by Crippen LogP contribution is 2.11. The van der Waals surface area contributed by atoms with Crippen LogP contribution >= 0.6 is 34.0 Å². The summed E-state index contributed by atoms with van der Waals surface area (Å²) in [5, 5.41) is 0. The van der Waals surface area contributed by atoms with Crippen LogP contribution in [-0.4, -0.2) is 0 Å². The minimum absolute atomic E-state index is 0. The first-order valence-corrected chi connectivity index (χ1v) is 7.40. The average molecular weight is 420 g/mol. The Labute approximate surface area is 149 Å². The van der Waals surface area contributed by atoms with E-state index >= 15 is 0 Å². The molecule has 0 amide bonds. The number of halogens is 2. The highest BCUT2D eigenvalue weighted by Gasteiger charge is 1.91. The molecule has 0 aliphatic carbocycles. The molecule has 0 aromatic heterocycles. The first-order valence-electron chi connectivity index (χ1n) is 7.40. The molecule has 0 aromatic carbocycles. The van der Waals surface area contributed by atoms with Gasteiger partial charge in [0.1, 0.15) is 0 Å². The summed E-state index contributed by atoms with van der Waals surface area (Å²) in [6.07, 6.45) is 18.0. The predicted octanol–water partition coefficient (Wildman–Crippen LogP) is 7.74. The third-order valence-corrected chi connectivity index (χ3v) is 3.11. The van der Waals surface area contributed by atoms with Crippen molar-refractivity contribution >= 4 is 34.0 Å². The summed E-state index contributed by atoms with van der Waals surface area (Å²) in [5.41, 5.74) is 1.47. The van der Waals surface area contributed by atoms with E-state index in [2.05, 4.69) is 26.8 Å². The van der Waals surface area contributed by atoms with E-state index in [9.17, 15) is 0 Å². The van der Waals surface area contributed by atoms with Crippen LogP contribution in [0.25, 0.3) is 0 Å². The lowest BCUT2D eigenvalue weighted by Crippen LogP contribution is -1.81. The SMILES string of the molecule is Br.Br.CCCCCCCCCCCCC=C(C)C.N.N. The largest absolute Gasteiger partial charge is 0.344 e. The second-order valence-electron chi connectivity index (χ2n) is 5.25. The monoisotopic (exact) mass is 418 g/mol. The number of hydrogen-bond donors (Lipinski definition) is 2. The lowest BCUT2D eigenvalue weighted by Gasteiger charge is -2.01. The van der Waals surface area contributed by atoms with Crippen molar-refractivity contribution in [1.82, 2.24) is 12.3 Å². The molecule has 0 saturated carbocycles. The Kier molecular flexibility index (Phi) is 45.4. The van der Waals surface area contributed by atoms with Crippen LogP contribution in [0.4, 0.5) is 0 Å². The summed E-state index contributed by atoms with van der Waals surface area (Å²) < 4.78 is 0. The average Bonchev–Trinajstić information content (AvgIpc) is 2.25. The molecule has 0 bridgehead atoms. The molecule has 0 rings (SSSR count). The number of unbranched alkanes of at least 4 members (excludes halogenated alkanes) is 10. The highest BCUT2D eigenvalue weighted by atomic mass is 79.9. The molecule has 0 saturated heterocycles. The van der Waals surface area contributed by atoms with E-state index in [-0.39, 0.29) is 46.3 Å². The normalized spacial score (nSPS) is 8.35. The summed E-state index contributed by atoms with van der Waals surface area (Å²) in [4.78, 5) is 0. The Morgan fingerprint density at radius 1 is 0.650 bits per heavy atom. The van der Waals surface area contributed by atoms with Gasteiger partial charge in [0.15, 0.2) is 0 Å². The maximum absolute atomic E-state index is 2.37. The van der Waals surface area contributed by atoms with Gasteiger partial charge < -0.3 is 12.3 Å². The molecule has 4 heteroatoms. The van der Waals surface area contributed by atoms with Gasteiger partial charge in [-0.2, -0.15) is 0 Å². The molecule has 128 valence electrons. The molecule has 0 atom stereocenters. The fraction of sp³-hybridized carbons (Fsp3) is 0.875. The van der Waals surface area contributed by atoms with Crippen molar-refractivity contribution in [2.45, 2.75) is 91.4 Å². The Balaban J connectivity index is -0.000000187. The standard InChI is InChI=1S/C16H32.2BrH.2H3N/c1-4-5-6-7-8-9-10-11-12-13-14-15-16(2)3;;;;/h15H,4-14H2,1-3H3;2*1H;2*1H3. The highest BCUT2D eigenvalue weighted by molar-refractivity contribution is 8.93. The zero-order valence-corrected chi connectivity index (χ0v) is 17.5. The summed E-state index contributed by atoms with van der Waals surface area (Å²) >= 11 is 0. The Bertz CT molecular complexity index is 170. The van der Waals surface area contributed by atoms with Gasteiger partial charge in [-0.15, -0.1) is 34.0 Å². The zero-order valence-electron chi connectivity index (χ0n) is 14.1. The van der Waals surface area contributed by atoms with E-state index in [1.165, 1.54) is 76.2 Å². The quantitative estimate of drug-likeness (QED) is 0.265. The maximum Gasteiger partial charge on any atom is -0.0348 e. The minimum atomic E-state index is 0. The molecule has 0 aliphatic heterocycles. The van der Waals surface area contributed by atoms with Crippen LogP contribution in [-0.2, 0) is 0 Å². The number of hydrogen-bond acceptors (Lipinski definition) is 2. The van der Waals surface area contributed by atoms with Crippen LogP contribution in [0.3, 0.4) is 0 Å². The zero-order chi connectivity index (χ0) is 12.1. The predicted molar refractivity (Wildman–Crippen MR) is 107 cm³/mol. The molecule has 20 heavy (non-hydrogen) atoms. The fourth-order valence-corrected chi connectivity index (χ4v) is 2.02. The van der Waals surface area contributed by atoms with E-state index in [4.69, 9.17) is 0 Å². The molecule has 0 fully saturated rings. The molecular formula is C16H40Br2N2. The first kappa shape index (κ1) is 32.5. The molecule has 0 aromatic rings. The van der Waals surface area contributed by atoms with E-state index < -0.39 is 0 Å². The molecule has 0 unspecified atom stereocenters. The Hall–Kier alpha value is 0.620. The molecule has 0 radical (unpaired) electrons. The molecular weight excluding hydrogens is 380 g/mol. The fourth-order valence-electron chi connectivity index (χ4n) is 2.02. The van der Waals surface area contributed by atoms with Crippen LogP contribution in [0.15, 0.2) is 11.6 Å². The van der Waals surface area contributed by atoms with E-state index in [0.29, 0.717) is 0 Å². The van der Waals surface area contributed by atoms with Crippen LogP contribution in [0, 0.1) is 0 Å². The molecule has 0 spiro atoms. The van der Waals surface area contributed by atoms with Gasteiger partial charge in [-0.25, -0.2) is 0 Å². The van der Waals surface area contributed by atoms with Crippen molar-refractivity contribution in [1.29, 1.82) is 0 Å². The summed E-state index contributed by atoms with van der Waals surface area (Å²) in [6, 6.07) is 0. The molecule has 0 aliphatic rings. The van der Waals surface area contributed by atoms with Crippen molar-refractivity contribution in [3.63, 3.8) is 0 Å². The minimum Gasteiger partial charge on any atom is -0.344 e. The number of rotatable bonds is 11. The maximum atomic E-state index is 2.37. The van der Waals surface area contributed by atoms with Crippen molar-refractivity contribution in [2.75, 3.05) is 0 Å². The van der Waals surface area contributed by atoms with Gasteiger partial charge in [0.05, 0.1) is 0 Å². The van der Waals surface area contributed by atoms with Crippen LogP contribution in [0.2, 0.25) is 0 Å². The van der Waals surface area contributed by atoms with Gasteiger partial charge in [0, 0.05) is 0 Å². The van der Waals surface area contributed by atoms with Crippen LogP contribution in [0.1, 0.15) is 91.4 Å².